The smallest absolute Gasteiger partial charge is 0.154 e. The van der Waals surface area contributed by atoms with E-state index in [1.807, 2.05) is 28.8 Å². The average molecular weight is 359 g/mol. The van der Waals surface area contributed by atoms with E-state index in [4.69, 9.17) is 9.72 Å². The molecule has 0 aliphatic rings. The Labute approximate surface area is 157 Å². The van der Waals surface area contributed by atoms with Crippen molar-refractivity contribution in [3.05, 3.63) is 66.5 Å². The van der Waals surface area contributed by atoms with Gasteiger partial charge in [-0.2, -0.15) is 5.10 Å². The minimum atomic E-state index is 0.623. The number of rotatable bonds is 6. The monoisotopic (exact) mass is 359 g/mol. The van der Waals surface area contributed by atoms with E-state index in [0.29, 0.717) is 13.2 Å². The van der Waals surface area contributed by atoms with Crippen LogP contribution in [-0.4, -0.2) is 39.8 Å². The Hall–Kier alpha value is -3.25. The summed E-state index contributed by atoms with van der Waals surface area (Å²) in [5.41, 5.74) is 5.95. The van der Waals surface area contributed by atoms with E-state index >= 15 is 0 Å². The zero-order valence-corrected chi connectivity index (χ0v) is 15.4. The fraction of sp³-hybridized carbons (Fsp3) is 0.190. The van der Waals surface area contributed by atoms with E-state index in [-0.39, 0.29) is 0 Å². The van der Waals surface area contributed by atoms with E-state index in [0.717, 1.165) is 34.0 Å². The van der Waals surface area contributed by atoms with Crippen LogP contribution in [0.15, 0.2) is 60.9 Å². The van der Waals surface area contributed by atoms with Gasteiger partial charge in [-0.15, -0.1) is 0 Å². The van der Waals surface area contributed by atoms with E-state index in [1.54, 1.807) is 19.5 Å². The number of imidazole rings is 1. The number of fused-ring (bicyclic) bond motifs is 1. The number of anilines is 1. The van der Waals surface area contributed by atoms with Crippen LogP contribution in [0.1, 0.15) is 5.56 Å². The molecule has 0 fully saturated rings. The van der Waals surface area contributed by atoms with Crippen LogP contribution in [0.5, 0.6) is 0 Å². The van der Waals surface area contributed by atoms with Crippen molar-refractivity contribution in [2.24, 2.45) is 0 Å². The molecule has 27 heavy (non-hydrogen) atoms. The van der Waals surface area contributed by atoms with Crippen molar-refractivity contribution in [2.75, 3.05) is 25.6 Å². The molecule has 0 spiro atoms. The molecule has 6 nitrogen and oxygen atoms in total. The molecule has 0 saturated carbocycles. The number of hydrogen-bond donors (Lipinski definition) is 1. The predicted octanol–water partition coefficient (Wildman–Crippen LogP) is 3.83. The minimum Gasteiger partial charge on any atom is -0.383 e. The molecule has 6 heteroatoms. The summed E-state index contributed by atoms with van der Waals surface area (Å²) in [5, 5.41) is 7.80. The first kappa shape index (κ1) is 17.2. The highest BCUT2D eigenvalue weighted by Crippen LogP contribution is 2.33. The Morgan fingerprint density at radius 1 is 1.04 bits per heavy atom. The highest BCUT2D eigenvalue weighted by Gasteiger charge is 2.17. The average Bonchev–Trinajstić information content (AvgIpc) is 3.08. The van der Waals surface area contributed by atoms with Crippen molar-refractivity contribution in [3.8, 4) is 22.5 Å². The molecular weight excluding hydrogens is 338 g/mol. The summed E-state index contributed by atoms with van der Waals surface area (Å²) in [5.74, 6) is 0.797. The normalized spacial score (nSPS) is 11.0. The molecule has 0 aliphatic heterocycles. The number of methoxy groups -OCH3 is 1. The third-order valence-corrected chi connectivity index (χ3v) is 4.33. The highest BCUT2D eigenvalue weighted by atomic mass is 16.5. The zero-order valence-electron chi connectivity index (χ0n) is 15.4. The molecule has 0 atom stereocenters. The Kier molecular flexibility index (Phi) is 4.80. The van der Waals surface area contributed by atoms with Crippen LogP contribution in [0.4, 0.5) is 5.82 Å². The SMILES string of the molecule is COCCNc1cc(-c2c(-c3cccc(C)c3)nc3cccnn23)ccn1. The number of aromatic nitrogens is 4. The molecule has 1 aromatic carbocycles. The Balaban J connectivity index is 1.86. The van der Waals surface area contributed by atoms with Gasteiger partial charge < -0.3 is 10.1 Å². The van der Waals surface area contributed by atoms with Crippen LogP contribution in [-0.2, 0) is 4.74 Å². The van der Waals surface area contributed by atoms with Gasteiger partial charge in [0.15, 0.2) is 5.65 Å². The summed E-state index contributed by atoms with van der Waals surface area (Å²) in [7, 11) is 1.68. The first-order valence-corrected chi connectivity index (χ1v) is 8.86. The summed E-state index contributed by atoms with van der Waals surface area (Å²) in [6.45, 7) is 3.40. The molecule has 0 aliphatic carbocycles. The second kappa shape index (κ2) is 7.55. The topological polar surface area (TPSA) is 64.3 Å². The van der Waals surface area contributed by atoms with Gasteiger partial charge >= 0.3 is 0 Å². The summed E-state index contributed by atoms with van der Waals surface area (Å²) in [6.07, 6.45) is 3.57. The van der Waals surface area contributed by atoms with Crippen LogP contribution in [0.3, 0.4) is 0 Å². The number of ether oxygens (including phenoxy) is 1. The largest absolute Gasteiger partial charge is 0.383 e. The number of pyridine rings is 1. The Morgan fingerprint density at radius 2 is 1.96 bits per heavy atom. The molecule has 0 radical (unpaired) electrons. The molecular formula is C21H21N5O. The van der Waals surface area contributed by atoms with Crippen LogP contribution in [0.25, 0.3) is 28.2 Å². The van der Waals surface area contributed by atoms with Crippen LogP contribution in [0, 0.1) is 6.92 Å². The van der Waals surface area contributed by atoms with Gasteiger partial charge in [0.1, 0.15) is 11.5 Å². The van der Waals surface area contributed by atoms with Gasteiger partial charge in [-0.1, -0.05) is 23.8 Å². The van der Waals surface area contributed by atoms with Crippen molar-refractivity contribution in [2.45, 2.75) is 6.92 Å². The maximum atomic E-state index is 5.10. The summed E-state index contributed by atoms with van der Waals surface area (Å²) in [6, 6.07) is 16.2. The minimum absolute atomic E-state index is 0.623. The van der Waals surface area contributed by atoms with Crippen molar-refractivity contribution in [3.63, 3.8) is 0 Å². The maximum Gasteiger partial charge on any atom is 0.154 e. The molecule has 3 heterocycles. The van der Waals surface area contributed by atoms with Gasteiger partial charge in [-0.3, -0.25) is 0 Å². The lowest BCUT2D eigenvalue weighted by Gasteiger charge is -2.09. The van der Waals surface area contributed by atoms with Crippen LogP contribution in [0.2, 0.25) is 0 Å². The molecule has 136 valence electrons. The third kappa shape index (κ3) is 3.52. The van der Waals surface area contributed by atoms with Gasteiger partial charge in [0.05, 0.1) is 12.3 Å². The second-order valence-corrected chi connectivity index (χ2v) is 6.32. The lowest BCUT2D eigenvalue weighted by atomic mass is 10.0. The number of aryl methyl sites for hydroxylation is 1. The first-order chi connectivity index (χ1) is 13.3. The fourth-order valence-electron chi connectivity index (χ4n) is 3.10. The molecule has 4 rings (SSSR count). The fourth-order valence-corrected chi connectivity index (χ4v) is 3.10. The quantitative estimate of drug-likeness (QED) is 0.530. The number of hydrogen-bond acceptors (Lipinski definition) is 5. The van der Waals surface area contributed by atoms with E-state index in [2.05, 4.69) is 46.6 Å². The van der Waals surface area contributed by atoms with Gasteiger partial charge in [-0.25, -0.2) is 14.5 Å². The van der Waals surface area contributed by atoms with Gasteiger partial charge in [0.2, 0.25) is 0 Å². The maximum absolute atomic E-state index is 5.10. The molecule has 4 aromatic rings. The van der Waals surface area contributed by atoms with E-state index < -0.39 is 0 Å². The second-order valence-electron chi connectivity index (χ2n) is 6.32. The molecule has 0 bridgehead atoms. The summed E-state index contributed by atoms with van der Waals surface area (Å²) < 4.78 is 6.98. The van der Waals surface area contributed by atoms with Gasteiger partial charge in [0.25, 0.3) is 0 Å². The summed E-state index contributed by atoms with van der Waals surface area (Å²) in [4.78, 5) is 9.25. The molecule has 1 N–H and O–H groups in total. The zero-order chi connectivity index (χ0) is 18.6. The van der Waals surface area contributed by atoms with Crippen molar-refractivity contribution >= 4 is 11.5 Å². The van der Waals surface area contributed by atoms with Crippen LogP contribution >= 0.6 is 0 Å². The lowest BCUT2D eigenvalue weighted by Crippen LogP contribution is -2.08. The lowest BCUT2D eigenvalue weighted by molar-refractivity contribution is 0.210. The standard InChI is InChI=1S/C21H21N5O/c1-15-5-3-6-16(13-15)20-21(26-19(25-20)7-4-9-24-26)17-8-10-22-18(14-17)23-11-12-27-2/h3-10,13-14H,11-12H2,1-2H3,(H,22,23). The van der Waals surface area contributed by atoms with Gasteiger partial charge in [0, 0.05) is 37.2 Å². The Morgan fingerprint density at radius 3 is 2.81 bits per heavy atom. The number of nitrogens with one attached hydrogen (secondary N) is 1. The molecule has 0 unspecified atom stereocenters. The third-order valence-electron chi connectivity index (χ3n) is 4.33. The highest BCUT2D eigenvalue weighted by molar-refractivity contribution is 5.82. The van der Waals surface area contributed by atoms with Crippen LogP contribution < -0.4 is 5.32 Å². The van der Waals surface area contributed by atoms with Crippen molar-refractivity contribution in [1.82, 2.24) is 19.6 Å². The molecule has 3 aromatic heterocycles. The molecule has 0 saturated heterocycles. The van der Waals surface area contributed by atoms with E-state index in [9.17, 15) is 0 Å². The Bertz CT molecular complexity index is 1070. The van der Waals surface area contributed by atoms with Crippen molar-refractivity contribution < 1.29 is 4.74 Å². The van der Waals surface area contributed by atoms with Gasteiger partial charge in [-0.05, 0) is 37.3 Å². The van der Waals surface area contributed by atoms with Crippen molar-refractivity contribution in [1.29, 1.82) is 0 Å². The van der Waals surface area contributed by atoms with E-state index in [1.165, 1.54) is 5.56 Å². The predicted molar refractivity (Wildman–Crippen MR) is 107 cm³/mol. The molecule has 0 amide bonds. The first-order valence-electron chi connectivity index (χ1n) is 8.86. The number of nitrogens with zero attached hydrogens (tertiary/aromatic N) is 4. The number of benzene rings is 1. The summed E-state index contributed by atoms with van der Waals surface area (Å²) >= 11 is 0.